The number of para-hydroxylation sites is 1. The number of carboxylic acid groups (broad SMARTS) is 1. The van der Waals surface area contributed by atoms with Crippen molar-refractivity contribution in [1.82, 2.24) is 4.90 Å². The van der Waals surface area contributed by atoms with E-state index in [1.807, 2.05) is 31.2 Å². The largest absolute Gasteiger partial charge is 0.481 e. The van der Waals surface area contributed by atoms with E-state index in [9.17, 15) is 19.2 Å². The van der Waals surface area contributed by atoms with Crippen LogP contribution in [0.4, 0.5) is 21.9 Å². The molecule has 0 radical (unpaired) electrons. The third kappa shape index (κ3) is 7.33. The molecule has 9 heteroatoms. The molecule has 34 heavy (non-hydrogen) atoms. The minimum atomic E-state index is -0.923. The van der Waals surface area contributed by atoms with Gasteiger partial charge in [-0.25, -0.2) is 4.79 Å². The molecule has 9 nitrogen and oxygen atoms in total. The maximum absolute atomic E-state index is 12.6. The van der Waals surface area contributed by atoms with Crippen LogP contribution in [0.5, 0.6) is 0 Å². The van der Waals surface area contributed by atoms with Gasteiger partial charge in [0.2, 0.25) is 11.8 Å². The van der Waals surface area contributed by atoms with Gasteiger partial charge in [-0.2, -0.15) is 0 Å². The summed E-state index contributed by atoms with van der Waals surface area (Å²) in [6.45, 7) is 2.44. The lowest BCUT2D eigenvalue weighted by Gasteiger charge is -2.35. The highest BCUT2D eigenvalue weighted by molar-refractivity contribution is 6.00. The molecule has 0 bridgehead atoms. The molecule has 180 valence electrons. The Hall–Kier alpha value is -3.88. The van der Waals surface area contributed by atoms with Crippen molar-refractivity contribution in [3.63, 3.8) is 0 Å². The fourth-order valence-electron chi connectivity index (χ4n) is 3.96. The molecule has 4 N–H and O–H groups in total. The number of nitrogens with one attached hydrogen (secondary N) is 3. The summed E-state index contributed by atoms with van der Waals surface area (Å²) in [6, 6.07) is 13.4. The molecule has 1 heterocycles. The lowest BCUT2D eigenvalue weighted by atomic mass is 9.98. The molecule has 0 saturated carbocycles. The molecule has 1 aliphatic rings. The average Bonchev–Trinajstić information content (AvgIpc) is 2.80. The third-order valence-corrected chi connectivity index (χ3v) is 5.74. The van der Waals surface area contributed by atoms with Gasteiger partial charge < -0.3 is 26.0 Å². The number of aryl methyl sites for hydroxylation is 1. The van der Waals surface area contributed by atoms with Gasteiger partial charge in [0.1, 0.15) is 0 Å². The molecule has 1 saturated heterocycles. The fraction of sp³-hybridized carbons (Fsp3) is 0.360. The first kappa shape index (κ1) is 24.8. The van der Waals surface area contributed by atoms with E-state index in [-0.39, 0.29) is 43.1 Å². The van der Waals surface area contributed by atoms with E-state index in [2.05, 4.69) is 16.0 Å². The number of carbonyl (C=O) groups excluding carboxylic acids is 3. The normalized spacial score (nSPS) is 15.3. The van der Waals surface area contributed by atoms with Crippen molar-refractivity contribution in [3.8, 4) is 0 Å². The van der Waals surface area contributed by atoms with E-state index < -0.39 is 5.97 Å². The van der Waals surface area contributed by atoms with Crippen molar-refractivity contribution in [2.24, 2.45) is 0 Å². The van der Waals surface area contributed by atoms with Crippen LogP contribution >= 0.6 is 0 Å². The van der Waals surface area contributed by atoms with E-state index in [1.54, 1.807) is 29.2 Å². The average molecular weight is 467 g/mol. The van der Waals surface area contributed by atoms with Gasteiger partial charge in [-0.3, -0.25) is 14.4 Å². The van der Waals surface area contributed by atoms with Gasteiger partial charge in [0.05, 0.1) is 6.42 Å². The van der Waals surface area contributed by atoms with Crippen LogP contribution in [0.3, 0.4) is 0 Å². The van der Waals surface area contributed by atoms with Crippen LogP contribution in [0.2, 0.25) is 0 Å². The van der Waals surface area contributed by atoms with Gasteiger partial charge in [-0.05, 0) is 62.1 Å². The minimum Gasteiger partial charge on any atom is -0.481 e. The van der Waals surface area contributed by atoms with Crippen LogP contribution in [0, 0.1) is 6.92 Å². The molecular weight excluding hydrogens is 436 g/mol. The van der Waals surface area contributed by atoms with E-state index in [1.165, 1.54) is 0 Å². The second-order valence-corrected chi connectivity index (χ2v) is 8.35. The standard InChI is InChI=1S/C25H30N4O5/c1-17-6-2-3-8-21(17)28-25(34)27-19-11-9-18(10-12-19)26-22(30)13-14-23(31)29-15-5-4-7-20(29)16-24(32)33/h2-3,6,8-12,20H,4-5,7,13-16H2,1H3,(H,26,30)(H,32,33)(H2,27,28,34). The fourth-order valence-corrected chi connectivity index (χ4v) is 3.96. The molecule has 2 aromatic rings. The monoisotopic (exact) mass is 466 g/mol. The topological polar surface area (TPSA) is 128 Å². The number of hydrogen-bond acceptors (Lipinski definition) is 4. The highest BCUT2D eigenvalue weighted by atomic mass is 16.4. The molecule has 1 atom stereocenters. The molecule has 2 aromatic carbocycles. The Kier molecular flexibility index (Phi) is 8.61. The molecule has 1 aliphatic heterocycles. The lowest BCUT2D eigenvalue weighted by molar-refractivity contribution is -0.142. The summed E-state index contributed by atoms with van der Waals surface area (Å²) >= 11 is 0. The second-order valence-electron chi connectivity index (χ2n) is 8.35. The zero-order valence-corrected chi connectivity index (χ0v) is 19.2. The quantitative estimate of drug-likeness (QED) is 0.463. The van der Waals surface area contributed by atoms with E-state index in [0.717, 1.165) is 24.1 Å². The first-order valence-corrected chi connectivity index (χ1v) is 11.4. The van der Waals surface area contributed by atoms with Gasteiger partial charge >= 0.3 is 12.0 Å². The molecule has 0 aromatic heterocycles. The van der Waals surface area contributed by atoms with E-state index in [0.29, 0.717) is 24.3 Å². The van der Waals surface area contributed by atoms with Crippen LogP contribution in [-0.2, 0) is 14.4 Å². The predicted octanol–water partition coefficient (Wildman–Crippen LogP) is 4.21. The Morgan fingerprint density at radius 3 is 2.26 bits per heavy atom. The highest BCUT2D eigenvalue weighted by Crippen LogP contribution is 2.21. The van der Waals surface area contributed by atoms with Crippen LogP contribution in [0.1, 0.15) is 44.1 Å². The number of amides is 4. The number of carbonyl (C=O) groups is 4. The number of anilines is 3. The first-order chi connectivity index (χ1) is 16.3. The molecule has 3 rings (SSSR count). The summed E-state index contributed by atoms with van der Waals surface area (Å²) in [5.41, 5.74) is 2.78. The first-order valence-electron chi connectivity index (χ1n) is 11.4. The summed E-state index contributed by atoms with van der Waals surface area (Å²) < 4.78 is 0. The number of nitrogens with zero attached hydrogens (tertiary/aromatic N) is 1. The highest BCUT2D eigenvalue weighted by Gasteiger charge is 2.28. The molecule has 4 amide bonds. The number of benzene rings is 2. The van der Waals surface area contributed by atoms with Gasteiger partial charge in [0.15, 0.2) is 0 Å². The molecule has 1 unspecified atom stereocenters. The van der Waals surface area contributed by atoms with Gasteiger partial charge in [-0.15, -0.1) is 0 Å². The Morgan fingerprint density at radius 2 is 1.59 bits per heavy atom. The Balaban J connectivity index is 1.45. The minimum absolute atomic E-state index is 0.00790. The van der Waals surface area contributed by atoms with Crippen molar-refractivity contribution in [2.45, 2.75) is 51.5 Å². The summed E-state index contributed by atoms with van der Waals surface area (Å²) in [6.07, 6.45) is 2.39. The number of hydrogen-bond donors (Lipinski definition) is 4. The molecular formula is C25H30N4O5. The Bertz CT molecular complexity index is 1040. The van der Waals surface area contributed by atoms with Crippen molar-refractivity contribution >= 4 is 40.9 Å². The van der Waals surface area contributed by atoms with Crippen LogP contribution in [0.25, 0.3) is 0 Å². The van der Waals surface area contributed by atoms with Crippen LogP contribution in [0.15, 0.2) is 48.5 Å². The van der Waals surface area contributed by atoms with E-state index in [4.69, 9.17) is 5.11 Å². The maximum atomic E-state index is 12.6. The summed E-state index contributed by atoms with van der Waals surface area (Å²) in [7, 11) is 0. The number of piperidine rings is 1. The van der Waals surface area contributed by atoms with Crippen molar-refractivity contribution in [1.29, 1.82) is 0 Å². The Labute approximate surface area is 198 Å². The SMILES string of the molecule is Cc1ccccc1NC(=O)Nc1ccc(NC(=O)CCC(=O)N2CCCCC2CC(=O)O)cc1. The third-order valence-electron chi connectivity index (χ3n) is 5.74. The second kappa shape index (κ2) is 11.8. The zero-order valence-electron chi connectivity index (χ0n) is 19.2. The number of aliphatic carboxylic acids is 1. The zero-order chi connectivity index (χ0) is 24.5. The van der Waals surface area contributed by atoms with Crippen LogP contribution in [-0.4, -0.2) is 46.4 Å². The van der Waals surface area contributed by atoms with Gasteiger partial charge in [-0.1, -0.05) is 18.2 Å². The van der Waals surface area contributed by atoms with Gasteiger partial charge in [0, 0.05) is 42.5 Å². The van der Waals surface area contributed by atoms with E-state index >= 15 is 0 Å². The Morgan fingerprint density at radius 1 is 0.912 bits per heavy atom. The lowest BCUT2D eigenvalue weighted by Crippen LogP contribution is -2.44. The molecule has 0 aliphatic carbocycles. The molecule has 0 spiro atoms. The maximum Gasteiger partial charge on any atom is 0.323 e. The van der Waals surface area contributed by atoms with Crippen LogP contribution < -0.4 is 16.0 Å². The number of carboxylic acids is 1. The smallest absolute Gasteiger partial charge is 0.323 e. The predicted molar refractivity (Wildman–Crippen MR) is 130 cm³/mol. The van der Waals surface area contributed by atoms with Gasteiger partial charge in [0.25, 0.3) is 0 Å². The van der Waals surface area contributed by atoms with Crippen molar-refractivity contribution in [2.75, 3.05) is 22.5 Å². The summed E-state index contributed by atoms with van der Waals surface area (Å²) in [5, 5.41) is 17.3. The molecule has 1 fully saturated rings. The number of rotatable bonds is 8. The summed E-state index contributed by atoms with van der Waals surface area (Å²) in [4.78, 5) is 49.7. The summed E-state index contributed by atoms with van der Waals surface area (Å²) in [5.74, 6) is -1.42. The number of likely N-dealkylation sites (tertiary alicyclic amines) is 1. The number of urea groups is 1. The van der Waals surface area contributed by atoms with Crippen molar-refractivity contribution in [3.05, 3.63) is 54.1 Å². The van der Waals surface area contributed by atoms with Crippen molar-refractivity contribution < 1.29 is 24.3 Å².